The van der Waals surface area contributed by atoms with Crippen LogP contribution in [0.3, 0.4) is 0 Å². The molecule has 8 nitrogen and oxygen atoms in total. The Bertz CT molecular complexity index is 1340. The lowest BCUT2D eigenvalue weighted by atomic mass is 9.69. The second-order valence-corrected chi connectivity index (χ2v) is 10.3. The number of hydrogen-bond acceptors (Lipinski definition) is 8. The molecular weight excluding hydrogens is 446 g/mol. The number of carbonyl (C=O) groups is 1. The third-order valence-electron chi connectivity index (χ3n) is 5.54. The number of aromatic nitrogens is 3. The number of rotatable bonds is 7. The maximum Gasteiger partial charge on any atom is 0.261 e. The van der Waals surface area contributed by atoms with Crippen LogP contribution in [0.25, 0.3) is 10.2 Å². The van der Waals surface area contributed by atoms with Gasteiger partial charge in [-0.15, -0.1) is 0 Å². The fourth-order valence-corrected chi connectivity index (χ4v) is 5.66. The van der Waals surface area contributed by atoms with Crippen LogP contribution in [0.1, 0.15) is 17.9 Å². The van der Waals surface area contributed by atoms with Gasteiger partial charge < -0.3 is 5.32 Å². The minimum absolute atomic E-state index is 0.0518. The first kappa shape index (κ1) is 20.5. The fourth-order valence-electron chi connectivity index (χ4n) is 3.76. The Morgan fingerprint density at radius 3 is 2.47 bits per heavy atom. The Hall–Kier alpha value is -3.37. The number of Topliss-reactive ketones (excluding diaryl/α,β-unsaturated/α-hetero) is 1. The van der Waals surface area contributed by atoms with Crippen LogP contribution in [0.2, 0.25) is 0 Å². The molecule has 3 heterocycles. The van der Waals surface area contributed by atoms with Crippen molar-refractivity contribution >= 4 is 48.2 Å². The average molecular weight is 466 g/mol. The Balaban J connectivity index is 1.26. The van der Waals surface area contributed by atoms with Crippen molar-refractivity contribution in [2.75, 3.05) is 16.6 Å². The van der Waals surface area contributed by atoms with Crippen molar-refractivity contribution in [2.24, 2.45) is 5.92 Å². The van der Waals surface area contributed by atoms with Crippen LogP contribution < -0.4 is 10.0 Å². The maximum atomic E-state index is 12.6. The summed E-state index contributed by atoms with van der Waals surface area (Å²) in [5, 5.41) is 4.04. The number of ketones is 1. The van der Waals surface area contributed by atoms with Gasteiger partial charge in [0.1, 0.15) is 5.78 Å². The zero-order valence-corrected chi connectivity index (χ0v) is 18.4. The van der Waals surface area contributed by atoms with Gasteiger partial charge >= 0.3 is 0 Å². The number of nitrogens with one attached hydrogen (secondary N) is 2. The molecule has 1 aromatic carbocycles. The summed E-state index contributed by atoms with van der Waals surface area (Å²) in [6.07, 6.45) is 6.97. The number of carbonyl (C=O) groups excluding carboxylic acids is 1. The quantitative estimate of drug-likeness (QED) is 0.428. The average Bonchev–Trinajstić information content (AvgIpc) is 3.21. The number of hydrogen-bond donors (Lipinski definition) is 2. The minimum Gasteiger partial charge on any atom is -0.361 e. The van der Waals surface area contributed by atoms with Crippen LogP contribution in [0.4, 0.5) is 10.8 Å². The van der Waals surface area contributed by atoms with Crippen LogP contribution in [0.5, 0.6) is 0 Å². The molecule has 0 aliphatic heterocycles. The number of fused-ring (bicyclic) bond motifs is 1. The van der Waals surface area contributed by atoms with Gasteiger partial charge in [-0.05, 0) is 35.9 Å². The molecule has 162 valence electrons. The molecule has 1 aliphatic carbocycles. The second kappa shape index (κ2) is 8.29. The first-order valence-electron chi connectivity index (χ1n) is 9.99. The summed E-state index contributed by atoms with van der Waals surface area (Å²) >= 11 is 1.50. The number of sulfonamides is 1. The van der Waals surface area contributed by atoms with Crippen molar-refractivity contribution in [1.29, 1.82) is 0 Å². The van der Waals surface area contributed by atoms with Gasteiger partial charge in [-0.2, -0.15) is 0 Å². The SMILES string of the molecule is O=C1CC(c2ccc(S(=O)(=O)Nc3ccncc3)cc2)C1CNc1nc2ccncc2s1. The largest absolute Gasteiger partial charge is 0.361 e. The van der Waals surface area contributed by atoms with Crippen molar-refractivity contribution in [3.63, 3.8) is 0 Å². The molecule has 10 heteroatoms. The van der Waals surface area contributed by atoms with E-state index in [4.69, 9.17) is 0 Å². The van der Waals surface area contributed by atoms with E-state index in [1.807, 2.05) is 6.07 Å². The Morgan fingerprint density at radius 1 is 1.00 bits per heavy atom. The lowest BCUT2D eigenvalue weighted by Crippen LogP contribution is -2.40. The third kappa shape index (κ3) is 4.06. The molecule has 0 spiro atoms. The predicted octanol–water partition coefficient (Wildman–Crippen LogP) is 3.67. The molecule has 2 atom stereocenters. The molecule has 2 N–H and O–H groups in total. The van der Waals surface area contributed by atoms with Crippen LogP contribution in [-0.2, 0) is 14.8 Å². The van der Waals surface area contributed by atoms with E-state index >= 15 is 0 Å². The highest BCUT2D eigenvalue weighted by molar-refractivity contribution is 7.92. The first-order valence-corrected chi connectivity index (χ1v) is 12.3. The standard InChI is InChI=1S/C22H19N5O3S2/c28-20-11-17(18(20)12-25-22-26-19-7-10-24-13-21(19)31-22)14-1-3-16(4-2-14)32(29,30)27-15-5-8-23-9-6-15/h1-10,13,17-18H,11-12H2,(H,23,27)(H,25,26). The summed E-state index contributed by atoms with van der Waals surface area (Å²) < 4.78 is 28.7. The number of thiazole rings is 1. The lowest BCUT2D eigenvalue weighted by molar-refractivity contribution is -0.130. The molecule has 1 aliphatic rings. The summed E-state index contributed by atoms with van der Waals surface area (Å²) in [6.45, 7) is 0.487. The fraction of sp³-hybridized carbons (Fsp3) is 0.182. The predicted molar refractivity (Wildman–Crippen MR) is 123 cm³/mol. The van der Waals surface area contributed by atoms with Crippen molar-refractivity contribution in [3.05, 3.63) is 72.8 Å². The molecule has 32 heavy (non-hydrogen) atoms. The normalized spacial score (nSPS) is 18.3. The summed E-state index contributed by atoms with van der Waals surface area (Å²) in [4.78, 5) is 24.9. The van der Waals surface area contributed by atoms with E-state index in [9.17, 15) is 13.2 Å². The zero-order valence-electron chi connectivity index (χ0n) is 16.8. The Kier molecular flexibility index (Phi) is 5.32. The summed E-state index contributed by atoms with van der Waals surface area (Å²) in [5.74, 6) is 0.0785. The summed E-state index contributed by atoms with van der Waals surface area (Å²) in [5.41, 5.74) is 2.28. The van der Waals surface area contributed by atoms with Crippen LogP contribution in [0, 0.1) is 5.92 Å². The molecule has 1 saturated carbocycles. The summed E-state index contributed by atoms with van der Waals surface area (Å²) in [6, 6.07) is 11.8. The maximum absolute atomic E-state index is 12.6. The number of pyridine rings is 2. The zero-order chi connectivity index (χ0) is 22.1. The topological polar surface area (TPSA) is 114 Å². The Labute approximate surface area is 188 Å². The molecule has 0 bridgehead atoms. The van der Waals surface area contributed by atoms with E-state index in [-0.39, 0.29) is 22.5 Å². The van der Waals surface area contributed by atoms with E-state index in [0.717, 1.165) is 20.9 Å². The van der Waals surface area contributed by atoms with E-state index in [1.165, 1.54) is 23.7 Å². The molecular formula is C22H19N5O3S2. The minimum atomic E-state index is -3.70. The highest BCUT2D eigenvalue weighted by atomic mass is 32.2. The van der Waals surface area contributed by atoms with E-state index in [0.29, 0.717) is 18.7 Å². The second-order valence-electron chi connectivity index (χ2n) is 7.54. The van der Waals surface area contributed by atoms with E-state index in [1.54, 1.807) is 48.8 Å². The number of anilines is 2. The molecule has 1 fully saturated rings. The first-order chi connectivity index (χ1) is 15.5. The smallest absolute Gasteiger partial charge is 0.261 e. The van der Waals surface area contributed by atoms with Gasteiger partial charge in [0.2, 0.25) is 0 Å². The van der Waals surface area contributed by atoms with Gasteiger partial charge in [0.05, 0.1) is 20.8 Å². The number of nitrogens with zero attached hydrogens (tertiary/aromatic N) is 3. The van der Waals surface area contributed by atoms with Gasteiger partial charge in [-0.1, -0.05) is 23.5 Å². The van der Waals surface area contributed by atoms with Crippen LogP contribution >= 0.6 is 11.3 Å². The van der Waals surface area contributed by atoms with Crippen molar-refractivity contribution in [1.82, 2.24) is 15.0 Å². The number of benzene rings is 1. The lowest BCUT2D eigenvalue weighted by Gasteiger charge is -2.35. The van der Waals surface area contributed by atoms with Gasteiger partial charge in [0, 0.05) is 49.6 Å². The van der Waals surface area contributed by atoms with E-state index in [2.05, 4.69) is 25.0 Å². The molecule has 5 rings (SSSR count). The van der Waals surface area contributed by atoms with Crippen molar-refractivity contribution in [2.45, 2.75) is 17.2 Å². The molecule has 0 saturated heterocycles. The molecule has 3 aromatic heterocycles. The van der Waals surface area contributed by atoms with Gasteiger partial charge in [-0.25, -0.2) is 13.4 Å². The molecule has 0 radical (unpaired) electrons. The van der Waals surface area contributed by atoms with Crippen LogP contribution in [-0.4, -0.2) is 35.7 Å². The van der Waals surface area contributed by atoms with Crippen molar-refractivity contribution in [3.8, 4) is 0 Å². The molecule has 0 amide bonds. The van der Waals surface area contributed by atoms with Gasteiger partial charge in [0.25, 0.3) is 10.0 Å². The highest BCUT2D eigenvalue weighted by Gasteiger charge is 2.40. The molecule has 2 unspecified atom stereocenters. The summed E-state index contributed by atoms with van der Waals surface area (Å²) in [7, 11) is -3.70. The monoisotopic (exact) mass is 465 g/mol. The van der Waals surface area contributed by atoms with Crippen molar-refractivity contribution < 1.29 is 13.2 Å². The molecule has 4 aromatic rings. The van der Waals surface area contributed by atoms with Gasteiger partial charge in [-0.3, -0.25) is 19.5 Å². The third-order valence-corrected chi connectivity index (χ3v) is 7.90. The highest BCUT2D eigenvalue weighted by Crippen LogP contribution is 2.40. The Morgan fingerprint density at radius 2 is 1.75 bits per heavy atom. The van der Waals surface area contributed by atoms with Gasteiger partial charge in [0.15, 0.2) is 5.13 Å². The van der Waals surface area contributed by atoms with E-state index < -0.39 is 10.0 Å². The van der Waals surface area contributed by atoms with Crippen LogP contribution in [0.15, 0.2) is 72.1 Å².